The van der Waals surface area contributed by atoms with Gasteiger partial charge in [-0.3, -0.25) is 0 Å². The summed E-state index contributed by atoms with van der Waals surface area (Å²) in [6.45, 7) is 1.60. The molecule has 1 fully saturated rings. The third kappa shape index (κ3) is 2.96. The zero-order valence-corrected chi connectivity index (χ0v) is 9.70. The van der Waals surface area contributed by atoms with Crippen LogP contribution in [0.2, 0.25) is 0 Å². The quantitative estimate of drug-likeness (QED) is 0.807. The molecule has 1 aliphatic heterocycles. The van der Waals surface area contributed by atoms with Crippen LogP contribution in [0.15, 0.2) is 24.3 Å². The molecule has 16 heavy (non-hydrogen) atoms. The summed E-state index contributed by atoms with van der Waals surface area (Å²) in [5.74, 6) is 0.733. The van der Waals surface area contributed by atoms with Crippen LogP contribution in [0.4, 0.5) is 0 Å². The number of sulfone groups is 1. The molecule has 1 saturated heterocycles. The molecule has 4 nitrogen and oxygen atoms in total. The molecule has 2 rings (SSSR count). The van der Waals surface area contributed by atoms with Crippen molar-refractivity contribution < 1.29 is 13.5 Å². The lowest BCUT2D eigenvalue weighted by molar-refractivity contribution is 0.378. The lowest BCUT2D eigenvalue weighted by Gasteiger charge is -2.26. The van der Waals surface area contributed by atoms with Crippen molar-refractivity contribution in [3.8, 4) is 5.75 Å². The first-order valence-electron chi connectivity index (χ1n) is 5.24. The second-order valence-electron chi connectivity index (χ2n) is 4.25. The maximum atomic E-state index is 11.8. The second-order valence-corrected chi connectivity index (χ2v) is 6.35. The predicted octanol–water partition coefficient (Wildman–Crippen LogP) is 0.526. The van der Waals surface area contributed by atoms with Crippen molar-refractivity contribution in [1.82, 2.24) is 5.32 Å². The molecule has 1 aliphatic rings. The molecule has 2 N–H and O–H groups in total. The van der Waals surface area contributed by atoms with Gasteiger partial charge in [-0.1, -0.05) is 12.1 Å². The Morgan fingerprint density at radius 1 is 1.25 bits per heavy atom. The van der Waals surface area contributed by atoms with Crippen molar-refractivity contribution in [3.05, 3.63) is 29.8 Å². The highest BCUT2D eigenvalue weighted by Gasteiger charge is 2.24. The molecule has 0 spiro atoms. The van der Waals surface area contributed by atoms with Gasteiger partial charge in [0.1, 0.15) is 5.75 Å². The number of benzene rings is 1. The number of rotatable bonds is 4. The fourth-order valence-electron chi connectivity index (χ4n) is 1.73. The minimum atomic E-state index is -3.03. The smallest absolute Gasteiger partial charge is 0.154 e. The number of hydrogen-bond donors (Lipinski definition) is 2. The van der Waals surface area contributed by atoms with E-state index in [2.05, 4.69) is 5.32 Å². The minimum Gasteiger partial charge on any atom is -0.508 e. The van der Waals surface area contributed by atoms with Crippen molar-refractivity contribution in [1.29, 1.82) is 0 Å². The van der Waals surface area contributed by atoms with E-state index < -0.39 is 9.84 Å². The van der Waals surface area contributed by atoms with Gasteiger partial charge in [0.25, 0.3) is 0 Å². The molecule has 1 aromatic rings. The van der Waals surface area contributed by atoms with Crippen LogP contribution in [0.3, 0.4) is 0 Å². The van der Waals surface area contributed by atoms with Gasteiger partial charge in [-0.05, 0) is 23.6 Å². The number of phenols is 1. The molecule has 0 saturated carbocycles. The maximum absolute atomic E-state index is 11.8. The van der Waals surface area contributed by atoms with Gasteiger partial charge in [0.05, 0.1) is 11.5 Å². The molecule has 0 amide bonds. The molecular formula is C11H15NO3S. The number of nitrogens with one attached hydrogen (secondary N) is 1. The topological polar surface area (TPSA) is 66.4 Å². The Morgan fingerprint density at radius 3 is 2.38 bits per heavy atom. The van der Waals surface area contributed by atoms with Gasteiger partial charge in [0.2, 0.25) is 0 Å². The van der Waals surface area contributed by atoms with E-state index in [-0.39, 0.29) is 23.2 Å². The van der Waals surface area contributed by atoms with E-state index in [0.717, 1.165) is 18.7 Å². The molecule has 0 atom stereocenters. The summed E-state index contributed by atoms with van der Waals surface area (Å²) < 4.78 is 23.6. The summed E-state index contributed by atoms with van der Waals surface area (Å²) in [5.41, 5.74) is 0.727. The highest BCUT2D eigenvalue weighted by atomic mass is 32.2. The third-order valence-corrected chi connectivity index (χ3v) is 4.43. The second kappa shape index (κ2) is 4.43. The summed E-state index contributed by atoms with van der Waals surface area (Å²) in [4.78, 5) is 0. The highest BCUT2D eigenvalue weighted by Crippen LogP contribution is 2.15. The summed E-state index contributed by atoms with van der Waals surface area (Å²) in [6.07, 6.45) is 0. The Balaban J connectivity index is 1.99. The fraction of sp³-hybridized carbons (Fsp3) is 0.455. The van der Waals surface area contributed by atoms with Crippen LogP contribution >= 0.6 is 0 Å². The number of aromatic hydroxyl groups is 1. The Morgan fingerprint density at radius 2 is 1.88 bits per heavy atom. The van der Waals surface area contributed by atoms with Crippen LogP contribution < -0.4 is 5.32 Å². The van der Waals surface area contributed by atoms with E-state index in [4.69, 9.17) is 5.11 Å². The van der Waals surface area contributed by atoms with E-state index in [9.17, 15) is 8.42 Å². The predicted molar refractivity (Wildman–Crippen MR) is 62.0 cm³/mol. The molecule has 0 unspecified atom stereocenters. The van der Waals surface area contributed by atoms with Crippen molar-refractivity contribution in [2.24, 2.45) is 5.92 Å². The zero-order valence-electron chi connectivity index (χ0n) is 8.89. The third-order valence-electron chi connectivity index (χ3n) is 2.68. The van der Waals surface area contributed by atoms with Crippen molar-refractivity contribution >= 4 is 9.84 Å². The molecule has 88 valence electrons. The standard InChI is InChI=1S/C11H15NO3S/c13-11-3-1-9(2-4-11)7-16(14,15)8-10-5-12-6-10/h1-4,10,12-13H,5-8H2. The number of hydrogen-bond acceptors (Lipinski definition) is 4. The molecule has 5 heteroatoms. The van der Waals surface area contributed by atoms with Crippen LogP contribution in [-0.4, -0.2) is 32.4 Å². The minimum absolute atomic E-state index is 0.0593. The first kappa shape index (κ1) is 11.4. The highest BCUT2D eigenvalue weighted by molar-refractivity contribution is 7.90. The van der Waals surface area contributed by atoms with E-state index in [1.807, 2.05) is 0 Å². The summed E-state index contributed by atoms with van der Waals surface area (Å²) in [5, 5.41) is 12.1. The summed E-state index contributed by atoms with van der Waals surface area (Å²) in [6, 6.07) is 6.31. The van der Waals surface area contributed by atoms with Gasteiger partial charge < -0.3 is 10.4 Å². The van der Waals surface area contributed by atoms with Crippen LogP contribution in [0.1, 0.15) is 5.56 Å². The Labute approximate surface area is 95.2 Å². The van der Waals surface area contributed by atoms with Crippen LogP contribution in [0.5, 0.6) is 5.75 Å². The van der Waals surface area contributed by atoms with Gasteiger partial charge in [0.15, 0.2) is 9.84 Å². The largest absolute Gasteiger partial charge is 0.508 e. The van der Waals surface area contributed by atoms with Crippen LogP contribution in [-0.2, 0) is 15.6 Å². The first-order chi connectivity index (χ1) is 7.55. The summed E-state index contributed by atoms with van der Waals surface area (Å²) in [7, 11) is -3.03. The van der Waals surface area contributed by atoms with Gasteiger partial charge in [-0.25, -0.2) is 8.42 Å². The lowest BCUT2D eigenvalue weighted by atomic mass is 10.1. The maximum Gasteiger partial charge on any atom is 0.154 e. The Bertz CT molecular complexity index is 449. The average Bonchev–Trinajstić information content (AvgIpc) is 2.16. The molecular weight excluding hydrogens is 226 g/mol. The molecule has 0 aromatic heterocycles. The Kier molecular flexibility index (Phi) is 3.16. The van der Waals surface area contributed by atoms with Crippen LogP contribution in [0, 0.1) is 5.92 Å². The molecule has 1 heterocycles. The number of phenolic OH excluding ortho intramolecular Hbond substituents is 1. The van der Waals surface area contributed by atoms with Gasteiger partial charge in [-0.2, -0.15) is 0 Å². The lowest BCUT2D eigenvalue weighted by Crippen LogP contribution is -2.45. The first-order valence-corrected chi connectivity index (χ1v) is 7.06. The summed E-state index contributed by atoms with van der Waals surface area (Å²) >= 11 is 0. The SMILES string of the molecule is O=S(=O)(Cc1ccc(O)cc1)CC1CNC1. The van der Waals surface area contributed by atoms with Crippen molar-refractivity contribution in [2.45, 2.75) is 5.75 Å². The molecule has 0 bridgehead atoms. The molecule has 1 aromatic carbocycles. The Hall–Kier alpha value is -1.07. The molecule has 0 radical (unpaired) electrons. The fourth-order valence-corrected chi connectivity index (χ4v) is 3.50. The van der Waals surface area contributed by atoms with E-state index in [1.165, 1.54) is 12.1 Å². The zero-order chi connectivity index (χ0) is 11.6. The van der Waals surface area contributed by atoms with Crippen molar-refractivity contribution in [2.75, 3.05) is 18.8 Å². The molecule has 0 aliphatic carbocycles. The average molecular weight is 241 g/mol. The van der Waals surface area contributed by atoms with E-state index in [0.29, 0.717) is 0 Å². The van der Waals surface area contributed by atoms with E-state index in [1.54, 1.807) is 12.1 Å². The van der Waals surface area contributed by atoms with Crippen LogP contribution in [0.25, 0.3) is 0 Å². The van der Waals surface area contributed by atoms with E-state index >= 15 is 0 Å². The van der Waals surface area contributed by atoms with Gasteiger partial charge in [-0.15, -0.1) is 0 Å². The van der Waals surface area contributed by atoms with Gasteiger partial charge >= 0.3 is 0 Å². The normalized spacial score (nSPS) is 17.0. The van der Waals surface area contributed by atoms with Gasteiger partial charge in [0, 0.05) is 13.1 Å². The monoisotopic (exact) mass is 241 g/mol. The van der Waals surface area contributed by atoms with Crippen molar-refractivity contribution in [3.63, 3.8) is 0 Å².